The zero-order valence-corrected chi connectivity index (χ0v) is 19.2. The number of pyridine rings is 2. The van der Waals surface area contributed by atoms with Crippen molar-refractivity contribution in [1.29, 1.82) is 0 Å². The lowest BCUT2D eigenvalue weighted by Gasteiger charge is -2.09. The zero-order valence-electron chi connectivity index (χ0n) is 16.0. The van der Waals surface area contributed by atoms with Crippen LogP contribution >= 0.6 is 0 Å². The van der Waals surface area contributed by atoms with Crippen molar-refractivity contribution in [3.8, 4) is 0 Å². The second-order valence-corrected chi connectivity index (χ2v) is 7.05. The first-order valence-corrected chi connectivity index (χ1v) is 9.06. The summed E-state index contributed by atoms with van der Waals surface area (Å²) in [5.41, 5.74) is 2.31. The molecule has 0 aliphatic carbocycles. The maximum absolute atomic E-state index is 10.7. The molecule has 0 aliphatic rings. The third kappa shape index (κ3) is 4.77. The molecule has 4 rings (SSSR count). The molecular weight excluding hydrogens is 480 g/mol. The number of aromatic nitrogens is 2. The van der Waals surface area contributed by atoms with Crippen LogP contribution in [0.25, 0.3) is 21.5 Å². The van der Waals surface area contributed by atoms with Gasteiger partial charge in [0, 0.05) is 36.8 Å². The van der Waals surface area contributed by atoms with E-state index in [9.17, 15) is 5.11 Å². The number of rotatable bonds is 4. The van der Waals surface area contributed by atoms with E-state index in [0.29, 0.717) is 13.1 Å². The van der Waals surface area contributed by atoms with E-state index >= 15 is 0 Å². The normalized spacial score (nSPS) is 10.7. The van der Waals surface area contributed by atoms with Crippen molar-refractivity contribution < 1.29 is 48.2 Å². The Balaban J connectivity index is 0.00000140. The van der Waals surface area contributed by atoms with Crippen LogP contribution in [0.5, 0.6) is 0 Å². The molecule has 0 unspecified atom stereocenters. The number of fused-ring (bicyclic) bond motifs is 2. The van der Waals surface area contributed by atoms with Crippen molar-refractivity contribution in [2.24, 2.45) is 0 Å². The number of aryl methyl sites for hydroxylation is 2. The van der Waals surface area contributed by atoms with Crippen LogP contribution in [0.2, 0.25) is 0 Å². The van der Waals surface area contributed by atoms with Crippen LogP contribution in [0.15, 0.2) is 73.1 Å². The second kappa shape index (κ2) is 9.59. The predicted octanol–water partition coefficient (Wildman–Crippen LogP) is -2.75. The van der Waals surface area contributed by atoms with E-state index in [-0.39, 0.29) is 34.0 Å². The van der Waals surface area contributed by atoms with E-state index in [1.807, 2.05) is 12.1 Å². The summed E-state index contributed by atoms with van der Waals surface area (Å²) in [7, 11) is 0. The number of benzene rings is 2. The molecule has 3 nitrogen and oxygen atoms in total. The van der Waals surface area contributed by atoms with Gasteiger partial charge in [0.2, 0.25) is 0 Å². The van der Waals surface area contributed by atoms with Gasteiger partial charge >= 0.3 is 0 Å². The first kappa shape index (κ1) is 22.5. The van der Waals surface area contributed by atoms with Crippen molar-refractivity contribution in [3.05, 3.63) is 84.4 Å². The van der Waals surface area contributed by atoms with E-state index in [2.05, 4.69) is 83.9 Å². The molecule has 5 heteroatoms. The van der Waals surface area contributed by atoms with E-state index in [1.54, 1.807) is 0 Å². The lowest BCUT2D eigenvalue weighted by molar-refractivity contribution is -0.741. The molecule has 0 aliphatic heterocycles. The van der Waals surface area contributed by atoms with Gasteiger partial charge in [0.15, 0.2) is 43.0 Å². The summed E-state index contributed by atoms with van der Waals surface area (Å²) < 4.78 is 4.29. The third-order valence-corrected chi connectivity index (χ3v) is 5.03. The molecule has 0 saturated heterocycles. The number of hydrogen-bond donors (Lipinski definition) is 1. The quantitative estimate of drug-likeness (QED) is 0.301. The van der Waals surface area contributed by atoms with Crippen LogP contribution < -0.4 is 43.1 Å². The Morgan fingerprint density at radius 2 is 1.04 bits per heavy atom. The van der Waals surface area contributed by atoms with Crippen molar-refractivity contribution in [2.75, 3.05) is 0 Å². The van der Waals surface area contributed by atoms with Crippen LogP contribution in [0, 0.1) is 13.8 Å². The van der Waals surface area contributed by atoms with Crippen LogP contribution in [-0.4, -0.2) is 11.2 Å². The Labute approximate surface area is 186 Å². The minimum atomic E-state index is -0.454. The van der Waals surface area contributed by atoms with Gasteiger partial charge in [-0.25, -0.2) is 0 Å². The highest BCUT2D eigenvalue weighted by Crippen LogP contribution is 2.13. The van der Waals surface area contributed by atoms with Crippen molar-refractivity contribution >= 4 is 21.5 Å². The largest absolute Gasteiger partial charge is 1.00 e. The van der Waals surface area contributed by atoms with E-state index < -0.39 is 6.10 Å². The van der Waals surface area contributed by atoms with Crippen LogP contribution in [0.4, 0.5) is 0 Å². The topological polar surface area (TPSA) is 28.0 Å². The van der Waals surface area contributed by atoms with E-state index in [4.69, 9.17) is 0 Å². The van der Waals surface area contributed by atoms with Crippen LogP contribution in [0.1, 0.15) is 11.4 Å². The average molecular weight is 504 g/mol. The first-order valence-electron chi connectivity index (χ1n) is 9.06. The molecule has 0 radical (unpaired) electrons. The number of aliphatic hydroxyl groups is 1. The summed E-state index contributed by atoms with van der Waals surface area (Å²) in [5.74, 6) is 0. The number of nitrogens with zero attached hydrogens (tertiary/aromatic N) is 2. The highest BCUT2D eigenvalue weighted by atomic mass is 79.9. The van der Waals surface area contributed by atoms with E-state index in [0.717, 1.165) is 11.4 Å². The second-order valence-electron chi connectivity index (χ2n) is 7.05. The smallest absolute Gasteiger partial charge is 0.180 e. The highest BCUT2D eigenvalue weighted by molar-refractivity contribution is 5.81. The predicted molar refractivity (Wildman–Crippen MR) is 104 cm³/mol. The van der Waals surface area contributed by atoms with Crippen molar-refractivity contribution in [2.45, 2.75) is 33.0 Å². The van der Waals surface area contributed by atoms with Gasteiger partial charge in [-0.15, -0.1) is 0 Å². The molecule has 0 bridgehead atoms. The minimum absolute atomic E-state index is 0. The fourth-order valence-electron chi connectivity index (χ4n) is 3.58. The number of aliphatic hydroxyl groups excluding tert-OH is 1. The molecule has 0 spiro atoms. The van der Waals surface area contributed by atoms with Gasteiger partial charge in [0.1, 0.15) is 0 Å². The van der Waals surface area contributed by atoms with Gasteiger partial charge in [-0.2, -0.15) is 9.13 Å². The molecule has 0 saturated carbocycles. The van der Waals surface area contributed by atoms with Crippen LogP contribution in [0.3, 0.4) is 0 Å². The number of hydrogen-bond acceptors (Lipinski definition) is 1. The summed E-state index contributed by atoms with van der Waals surface area (Å²) in [6.45, 7) is 5.34. The van der Waals surface area contributed by atoms with Gasteiger partial charge in [-0.3, -0.25) is 0 Å². The summed E-state index contributed by atoms with van der Waals surface area (Å²) >= 11 is 0. The van der Waals surface area contributed by atoms with Gasteiger partial charge < -0.3 is 39.1 Å². The highest BCUT2D eigenvalue weighted by Gasteiger charge is 2.20. The van der Waals surface area contributed by atoms with Crippen LogP contribution in [-0.2, 0) is 13.1 Å². The maximum Gasteiger partial charge on any atom is 0.180 e. The summed E-state index contributed by atoms with van der Waals surface area (Å²) in [6, 6.07) is 21.0. The fraction of sp³-hybridized carbons (Fsp3) is 0.217. The maximum atomic E-state index is 10.7. The van der Waals surface area contributed by atoms with Gasteiger partial charge in [0.05, 0.1) is 0 Å². The Kier molecular flexibility index (Phi) is 7.70. The Bertz CT molecular complexity index is 1010. The average Bonchev–Trinajstić information content (AvgIpc) is 2.63. The SMILES string of the molecule is Cc1cc2ccccc2c[n+]1CC(O)C[n+]1cc2ccccc2cc1C.[Br-].[Br-]. The molecule has 0 fully saturated rings. The molecule has 4 aromatic rings. The lowest BCUT2D eigenvalue weighted by atomic mass is 10.1. The molecule has 28 heavy (non-hydrogen) atoms. The zero-order chi connectivity index (χ0) is 18.1. The molecular formula is C23H24Br2N2O. The summed E-state index contributed by atoms with van der Waals surface area (Å²) in [5, 5.41) is 15.6. The molecule has 0 atom stereocenters. The lowest BCUT2D eigenvalue weighted by Crippen LogP contribution is -3.00. The van der Waals surface area contributed by atoms with Gasteiger partial charge in [-0.05, 0) is 22.9 Å². The van der Waals surface area contributed by atoms with Gasteiger partial charge in [-0.1, -0.05) is 36.4 Å². The first-order chi connectivity index (χ1) is 12.6. The third-order valence-electron chi connectivity index (χ3n) is 5.03. The van der Waals surface area contributed by atoms with Gasteiger partial charge in [0.25, 0.3) is 0 Å². The van der Waals surface area contributed by atoms with E-state index in [1.165, 1.54) is 21.5 Å². The van der Waals surface area contributed by atoms with Crippen molar-refractivity contribution in [3.63, 3.8) is 0 Å². The Morgan fingerprint density at radius 1 is 0.679 bits per heavy atom. The standard InChI is InChI=1S/C23H24N2O.2BrH/c1-17-11-19-7-3-5-9-21(19)13-24(17)15-23(26)16-25-14-22-10-6-4-8-20(22)12-18(25)2;;/h3-14,23,26H,15-16H2,1-2H3;2*1H/q+2;;/p-2. The molecule has 2 aromatic carbocycles. The molecule has 146 valence electrons. The minimum Gasteiger partial charge on any atom is -1.00 e. The molecule has 1 N–H and O–H groups in total. The molecule has 2 aromatic heterocycles. The fourth-order valence-corrected chi connectivity index (χ4v) is 3.58. The molecule has 0 amide bonds. The Hall–Kier alpha value is -1.82. The summed E-state index contributed by atoms with van der Waals surface area (Å²) in [6.07, 6.45) is 3.81. The summed E-state index contributed by atoms with van der Waals surface area (Å²) in [4.78, 5) is 0. The van der Waals surface area contributed by atoms with Crippen molar-refractivity contribution in [1.82, 2.24) is 0 Å². The number of halogens is 2. The molecule has 2 heterocycles. The monoisotopic (exact) mass is 502 g/mol. The Morgan fingerprint density at radius 3 is 1.43 bits per heavy atom.